The van der Waals surface area contributed by atoms with Crippen LogP contribution in [0.3, 0.4) is 0 Å². The second-order valence-corrected chi connectivity index (χ2v) is 6.75. The van der Waals surface area contributed by atoms with Gasteiger partial charge in [0.25, 0.3) is 11.5 Å². The molecule has 0 radical (unpaired) electrons. The lowest BCUT2D eigenvalue weighted by Crippen LogP contribution is -2.51. The molecule has 2 aromatic rings. The molecule has 1 amide bonds. The number of aromatic nitrogens is 2. The first-order chi connectivity index (χ1) is 13.1. The smallest absolute Gasteiger partial charge is 0.290 e. The second kappa shape index (κ2) is 8.70. The highest BCUT2D eigenvalue weighted by molar-refractivity contribution is 5.78. The van der Waals surface area contributed by atoms with Gasteiger partial charge in [0.2, 0.25) is 0 Å². The Bertz CT molecular complexity index is 828. The lowest BCUT2D eigenvalue weighted by Gasteiger charge is -2.34. The predicted molar refractivity (Wildman–Crippen MR) is 104 cm³/mol. The van der Waals surface area contributed by atoms with Gasteiger partial charge in [-0.05, 0) is 24.0 Å². The number of carbonyl (C=O) groups excluding carboxylic acids is 1. The number of rotatable bonds is 6. The zero-order valence-corrected chi connectivity index (χ0v) is 15.9. The van der Waals surface area contributed by atoms with E-state index in [1.807, 2.05) is 23.1 Å². The number of aromatic amines is 1. The van der Waals surface area contributed by atoms with Gasteiger partial charge in [-0.2, -0.15) is 0 Å². The molecule has 1 fully saturated rings. The maximum absolute atomic E-state index is 12.5. The molecule has 0 bridgehead atoms. The number of benzene rings is 1. The number of anilines is 1. The Balaban J connectivity index is 1.55. The van der Waals surface area contributed by atoms with Crippen LogP contribution in [0, 0.1) is 0 Å². The minimum Gasteiger partial charge on any atom is -0.483 e. The van der Waals surface area contributed by atoms with Gasteiger partial charge in [-0.25, -0.2) is 4.98 Å². The molecule has 7 nitrogen and oxygen atoms in total. The van der Waals surface area contributed by atoms with Crippen LogP contribution in [0.4, 0.5) is 5.82 Å². The van der Waals surface area contributed by atoms with E-state index in [1.54, 1.807) is 11.1 Å². The molecule has 1 aliphatic rings. The van der Waals surface area contributed by atoms with E-state index in [1.165, 1.54) is 6.20 Å². The van der Waals surface area contributed by atoms with Crippen LogP contribution in [0.1, 0.15) is 31.7 Å². The van der Waals surface area contributed by atoms with E-state index in [4.69, 9.17) is 4.74 Å². The summed E-state index contributed by atoms with van der Waals surface area (Å²) in [5.41, 5.74) is 0.925. The molecule has 0 saturated carbocycles. The fraction of sp³-hybridized carbons (Fsp3) is 0.450. The molecule has 1 saturated heterocycles. The van der Waals surface area contributed by atoms with Gasteiger partial charge in [-0.3, -0.25) is 9.59 Å². The van der Waals surface area contributed by atoms with Crippen LogP contribution in [0.25, 0.3) is 0 Å². The minimum atomic E-state index is -0.206. The molecule has 1 aromatic heterocycles. The molecule has 3 rings (SSSR count). The van der Waals surface area contributed by atoms with Crippen LogP contribution in [0.5, 0.6) is 5.75 Å². The first-order valence-corrected chi connectivity index (χ1v) is 9.38. The molecule has 2 heterocycles. The van der Waals surface area contributed by atoms with E-state index >= 15 is 0 Å². The average molecular weight is 370 g/mol. The van der Waals surface area contributed by atoms with Crippen LogP contribution in [-0.4, -0.2) is 53.6 Å². The summed E-state index contributed by atoms with van der Waals surface area (Å²) in [6, 6.07) is 7.89. The van der Waals surface area contributed by atoms with Gasteiger partial charge in [-0.1, -0.05) is 32.0 Å². The second-order valence-electron chi connectivity index (χ2n) is 6.75. The number of hydrogen-bond donors (Lipinski definition) is 1. The highest BCUT2D eigenvalue weighted by atomic mass is 16.5. The van der Waals surface area contributed by atoms with Gasteiger partial charge in [0.05, 0.1) is 0 Å². The van der Waals surface area contributed by atoms with Crippen molar-refractivity contribution >= 4 is 11.7 Å². The summed E-state index contributed by atoms with van der Waals surface area (Å²) in [4.78, 5) is 34.8. The number of carbonyl (C=O) groups is 1. The van der Waals surface area contributed by atoms with Crippen molar-refractivity contribution in [1.29, 1.82) is 0 Å². The third-order valence-electron chi connectivity index (χ3n) is 5.03. The number of piperazine rings is 1. The summed E-state index contributed by atoms with van der Waals surface area (Å²) in [7, 11) is 0. The summed E-state index contributed by atoms with van der Waals surface area (Å²) in [5.74, 6) is 1.53. The highest BCUT2D eigenvalue weighted by Crippen LogP contribution is 2.28. The molecule has 0 aliphatic carbocycles. The van der Waals surface area contributed by atoms with Gasteiger partial charge in [0.15, 0.2) is 12.4 Å². The maximum atomic E-state index is 12.5. The first kappa shape index (κ1) is 18.9. The van der Waals surface area contributed by atoms with E-state index in [0.717, 1.165) is 17.7 Å². The Morgan fingerprint density at radius 1 is 1.26 bits per heavy atom. The molecular weight excluding hydrogens is 344 g/mol. The normalized spacial score (nSPS) is 15.5. The monoisotopic (exact) mass is 370 g/mol. The molecule has 1 atom stereocenters. The highest BCUT2D eigenvalue weighted by Gasteiger charge is 2.23. The lowest BCUT2D eigenvalue weighted by molar-refractivity contribution is -0.133. The molecule has 0 unspecified atom stereocenters. The number of amides is 1. The van der Waals surface area contributed by atoms with Crippen molar-refractivity contribution in [2.45, 2.75) is 26.2 Å². The van der Waals surface area contributed by atoms with Crippen molar-refractivity contribution in [2.75, 3.05) is 37.7 Å². The van der Waals surface area contributed by atoms with E-state index < -0.39 is 0 Å². The van der Waals surface area contributed by atoms with Crippen molar-refractivity contribution in [3.63, 3.8) is 0 Å². The third kappa shape index (κ3) is 4.48. The SMILES string of the molecule is CC[C@@H](C)c1ccccc1OCC(=O)N1CCN(c2ncc[nH]c2=O)CC1. The summed E-state index contributed by atoms with van der Waals surface area (Å²) in [6.45, 7) is 6.57. The summed E-state index contributed by atoms with van der Waals surface area (Å²) in [5, 5.41) is 0. The molecule has 7 heteroatoms. The van der Waals surface area contributed by atoms with Crippen LogP contribution < -0.4 is 15.2 Å². The summed E-state index contributed by atoms with van der Waals surface area (Å²) >= 11 is 0. The van der Waals surface area contributed by atoms with Gasteiger partial charge in [0, 0.05) is 38.6 Å². The third-order valence-corrected chi connectivity index (χ3v) is 5.03. The fourth-order valence-electron chi connectivity index (χ4n) is 3.21. The van der Waals surface area contributed by atoms with E-state index in [-0.39, 0.29) is 18.1 Å². The first-order valence-electron chi connectivity index (χ1n) is 9.38. The standard InChI is InChI=1S/C20H26N4O3/c1-3-15(2)16-6-4-5-7-17(16)27-14-18(25)23-10-12-24(13-11-23)19-20(26)22-9-8-21-19/h4-9,15H,3,10-14H2,1-2H3,(H,22,26)/t15-/m1/s1. The molecule has 1 aromatic carbocycles. The zero-order valence-electron chi connectivity index (χ0n) is 15.9. The number of ether oxygens (including phenoxy) is 1. The molecule has 1 aliphatic heterocycles. The molecule has 144 valence electrons. The van der Waals surface area contributed by atoms with Crippen LogP contribution in [0.15, 0.2) is 41.5 Å². The minimum absolute atomic E-state index is 0.0254. The van der Waals surface area contributed by atoms with Gasteiger partial charge < -0.3 is 19.5 Å². The molecule has 1 N–H and O–H groups in total. The molecule has 0 spiro atoms. The van der Waals surface area contributed by atoms with Gasteiger partial charge >= 0.3 is 0 Å². The van der Waals surface area contributed by atoms with Crippen LogP contribution >= 0.6 is 0 Å². The largest absolute Gasteiger partial charge is 0.483 e. The van der Waals surface area contributed by atoms with Crippen molar-refractivity contribution in [2.24, 2.45) is 0 Å². The average Bonchev–Trinajstić information content (AvgIpc) is 2.72. The number of H-pyrrole nitrogens is 1. The number of nitrogens with one attached hydrogen (secondary N) is 1. The lowest BCUT2D eigenvalue weighted by atomic mass is 9.98. The predicted octanol–water partition coefficient (Wildman–Crippen LogP) is 2.01. The van der Waals surface area contributed by atoms with Crippen LogP contribution in [-0.2, 0) is 4.79 Å². The Morgan fingerprint density at radius 2 is 2.00 bits per heavy atom. The van der Waals surface area contributed by atoms with Gasteiger partial charge in [-0.15, -0.1) is 0 Å². The summed E-state index contributed by atoms with van der Waals surface area (Å²) in [6.07, 6.45) is 4.10. The quantitative estimate of drug-likeness (QED) is 0.842. The van der Waals surface area contributed by atoms with E-state index in [9.17, 15) is 9.59 Å². The Labute approximate surface area is 159 Å². The molecule has 27 heavy (non-hydrogen) atoms. The van der Waals surface area contributed by atoms with Crippen LogP contribution in [0.2, 0.25) is 0 Å². The van der Waals surface area contributed by atoms with Gasteiger partial charge in [0.1, 0.15) is 5.75 Å². The Kier molecular flexibility index (Phi) is 6.11. The number of nitrogens with zero attached hydrogens (tertiary/aromatic N) is 3. The van der Waals surface area contributed by atoms with E-state index in [2.05, 4.69) is 29.9 Å². The Morgan fingerprint density at radius 3 is 2.70 bits per heavy atom. The maximum Gasteiger partial charge on any atom is 0.290 e. The van der Waals surface area contributed by atoms with Crippen molar-refractivity contribution in [3.8, 4) is 5.75 Å². The van der Waals surface area contributed by atoms with E-state index in [0.29, 0.717) is 37.9 Å². The van der Waals surface area contributed by atoms with Crippen molar-refractivity contribution in [1.82, 2.24) is 14.9 Å². The van der Waals surface area contributed by atoms with Crippen molar-refractivity contribution in [3.05, 3.63) is 52.6 Å². The number of hydrogen-bond acceptors (Lipinski definition) is 5. The fourth-order valence-corrected chi connectivity index (χ4v) is 3.21. The Hall–Kier alpha value is -2.83. The zero-order chi connectivity index (χ0) is 19.2. The van der Waals surface area contributed by atoms with Crippen molar-refractivity contribution < 1.29 is 9.53 Å². The topological polar surface area (TPSA) is 78.5 Å². The molecular formula is C20H26N4O3. The number of para-hydroxylation sites is 1. The summed E-state index contributed by atoms with van der Waals surface area (Å²) < 4.78 is 5.83.